The molecule has 6 nitrogen and oxygen atoms in total. The van der Waals surface area contributed by atoms with E-state index in [1.165, 1.54) is 0 Å². The van der Waals surface area contributed by atoms with Gasteiger partial charge in [0.15, 0.2) is 6.23 Å². The predicted molar refractivity (Wildman–Crippen MR) is 86.1 cm³/mol. The van der Waals surface area contributed by atoms with Crippen LogP contribution in [0.5, 0.6) is 0 Å². The van der Waals surface area contributed by atoms with Crippen molar-refractivity contribution < 1.29 is 19.2 Å². The summed E-state index contributed by atoms with van der Waals surface area (Å²) in [5.41, 5.74) is 0.864. The summed E-state index contributed by atoms with van der Waals surface area (Å²) in [7, 11) is -3.42. The van der Waals surface area contributed by atoms with Gasteiger partial charge in [-0.2, -0.15) is 0 Å². The largest absolute Gasteiger partial charge is 0.346 e. The number of nitrogens with one attached hydrogen (secondary N) is 1. The lowest BCUT2D eigenvalue weighted by Gasteiger charge is -2.39. The summed E-state index contributed by atoms with van der Waals surface area (Å²) in [6.07, 6.45) is -0.920. The van der Waals surface area contributed by atoms with Crippen LogP contribution in [0.3, 0.4) is 0 Å². The van der Waals surface area contributed by atoms with E-state index in [0.717, 1.165) is 5.56 Å². The zero-order valence-corrected chi connectivity index (χ0v) is 14.3. The van der Waals surface area contributed by atoms with E-state index in [1.807, 2.05) is 30.3 Å². The van der Waals surface area contributed by atoms with Crippen LogP contribution in [-0.2, 0) is 14.0 Å². The first kappa shape index (κ1) is 18.2. The molecule has 0 unspecified atom stereocenters. The molecule has 0 bridgehead atoms. The summed E-state index contributed by atoms with van der Waals surface area (Å²) in [5, 5.41) is 11.7. The Kier molecular flexibility index (Phi) is 7.12. The zero-order valence-electron chi connectivity index (χ0n) is 11.9. The number of hydrogen-bond donors (Lipinski definition) is 2. The molecule has 0 aromatic heterocycles. The summed E-state index contributed by atoms with van der Waals surface area (Å²) >= 11 is 11.5. The van der Waals surface area contributed by atoms with Crippen LogP contribution in [-0.4, -0.2) is 41.0 Å². The van der Waals surface area contributed by atoms with Gasteiger partial charge in [-0.25, -0.2) is 14.6 Å². The summed E-state index contributed by atoms with van der Waals surface area (Å²) in [6.45, 7) is 0.691. The van der Waals surface area contributed by atoms with Crippen LogP contribution in [0.4, 0.5) is 0 Å². The standard InChI is InChI=1S/C13H19Cl2N2O4P/c14-6-8-17(9-7-15)22(19)16-13(20-18)10-12(21-22)11-4-2-1-3-5-11/h1-5,12-13,18H,6-10H2,(H,16,19)/t12-,13+,22-/m0/s1. The maximum atomic E-state index is 13.2. The average Bonchev–Trinajstić information content (AvgIpc) is 2.55. The van der Waals surface area contributed by atoms with Crippen LogP contribution in [0.25, 0.3) is 0 Å². The van der Waals surface area contributed by atoms with Crippen LogP contribution < -0.4 is 5.09 Å². The first-order valence-corrected chi connectivity index (χ1v) is 9.56. The summed E-state index contributed by atoms with van der Waals surface area (Å²) in [4.78, 5) is 4.39. The van der Waals surface area contributed by atoms with Crippen LogP contribution in [0.2, 0.25) is 0 Å². The highest BCUT2D eigenvalue weighted by Gasteiger charge is 2.42. The van der Waals surface area contributed by atoms with Crippen molar-refractivity contribution in [2.24, 2.45) is 0 Å². The Bertz CT molecular complexity index is 502. The molecule has 1 aromatic rings. The van der Waals surface area contributed by atoms with E-state index in [-0.39, 0.29) is 11.8 Å². The van der Waals surface area contributed by atoms with Crippen LogP contribution >= 0.6 is 30.9 Å². The van der Waals surface area contributed by atoms with E-state index in [4.69, 9.17) is 33.0 Å². The van der Waals surface area contributed by atoms with E-state index >= 15 is 0 Å². The number of halogens is 2. The number of hydrogen-bond acceptors (Lipinski definition) is 4. The van der Waals surface area contributed by atoms with Crippen molar-refractivity contribution in [2.45, 2.75) is 18.8 Å². The van der Waals surface area contributed by atoms with Gasteiger partial charge in [-0.05, 0) is 5.56 Å². The highest BCUT2D eigenvalue weighted by atomic mass is 35.5. The third-order valence-corrected chi connectivity index (χ3v) is 6.00. The smallest absolute Gasteiger partial charge is 0.298 e. The van der Waals surface area contributed by atoms with E-state index in [1.54, 1.807) is 4.67 Å². The molecule has 1 saturated heterocycles. The lowest BCUT2D eigenvalue weighted by molar-refractivity contribution is -0.289. The molecule has 22 heavy (non-hydrogen) atoms. The molecule has 1 fully saturated rings. The fraction of sp³-hybridized carbons (Fsp3) is 0.538. The highest BCUT2D eigenvalue weighted by molar-refractivity contribution is 7.54. The third kappa shape index (κ3) is 4.43. The van der Waals surface area contributed by atoms with E-state index < -0.39 is 20.0 Å². The van der Waals surface area contributed by atoms with Crippen molar-refractivity contribution in [1.29, 1.82) is 0 Å². The maximum absolute atomic E-state index is 13.2. The molecule has 1 heterocycles. The second-order valence-corrected chi connectivity index (χ2v) is 7.65. The van der Waals surface area contributed by atoms with Gasteiger partial charge < -0.3 is 0 Å². The Balaban J connectivity index is 2.24. The van der Waals surface area contributed by atoms with Gasteiger partial charge in [0.1, 0.15) is 0 Å². The lowest BCUT2D eigenvalue weighted by atomic mass is 10.1. The third-order valence-electron chi connectivity index (χ3n) is 3.36. The van der Waals surface area contributed by atoms with Gasteiger partial charge in [0, 0.05) is 31.3 Å². The van der Waals surface area contributed by atoms with Crippen molar-refractivity contribution in [3.05, 3.63) is 35.9 Å². The number of nitrogens with zero attached hydrogens (tertiary/aromatic N) is 1. The molecular formula is C13H19Cl2N2O4P. The second kappa shape index (κ2) is 8.62. The molecule has 1 aliphatic heterocycles. The van der Waals surface area contributed by atoms with Gasteiger partial charge in [-0.15, -0.1) is 23.2 Å². The molecule has 0 radical (unpaired) electrons. The van der Waals surface area contributed by atoms with Crippen LogP contribution in [0, 0.1) is 0 Å². The minimum Gasteiger partial charge on any atom is -0.298 e. The van der Waals surface area contributed by atoms with Crippen LogP contribution in [0.15, 0.2) is 30.3 Å². The van der Waals surface area contributed by atoms with Crippen molar-refractivity contribution in [3.8, 4) is 0 Å². The van der Waals surface area contributed by atoms with Gasteiger partial charge >= 0.3 is 7.67 Å². The topological polar surface area (TPSA) is 71.0 Å². The van der Waals surface area contributed by atoms with Gasteiger partial charge in [0.05, 0.1) is 6.10 Å². The van der Waals surface area contributed by atoms with Crippen molar-refractivity contribution in [3.63, 3.8) is 0 Å². The Morgan fingerprint density at radius 2 is 1.95 bits per heavy atom. The fourth-order valence-electron chi connectivity index (χ4n) is 2.32. The molecule has 0 spiro atoms. The normalized spacial score (nSPS) is 28.9. The quantitative estimate of drug-likeness (QED) is 0.332. The van der Waals surface area contributed by atoms with Crippen molar-refractivity contribution >= 4 is 30.9 Å². The van der Waals surface area contributed by atoms with Gasteiger partial charge in [-0.3, -0.25) is 14.3 Å². The average molecular weight is 369 g/mol. The Hall–Kier alpha value is -0.170. The minimum atomic E-state index is -3.42. The van der Waals surface area contributed by atoms with Gasteiger partial charge in [-0.1, -0.05) is 30.3 Å². The Labute approximate surface area is 139 Å². The summed E-state index contributed by atoms with van der Waals surface area (Å²) in [6, 6.07) is 9.38. The molecule has 124 valence electrons. The molecule has 0 saturated carbocycles. The second-order valence-electron chi connectivity index (χ2n) is 4.82. The SMILES string of the molecule is O=[P@@]1(N(CCCl)CCCl)N[C@H](OO)C[C@@H](c2ccccc2)O1. The molecule has 0 aliphatic carbocycles. The number of benzene rings is 1. The summed E-state index contributed by atoms with van der Waals surface area (Å²) < 4.78 is 20.5. The number of alkyl halides is 2. The van der Waals surface area contributed by atoms with Crippen molar-refractivity contribution in [2.75, 3.05) is 24.8 Å². The highest BCUT2D eigenvalue weighted by Crippen LogP contribution is 2.55. The molecule has 1 aromatic carbocycles. The molecule has 1 aliphatic rings. The first-order valence-electron chi connectivity index (χ1n) is 6.91. The zero-order chi connectivity index (χ0) is 16.0. The fourth-order valence-corrected chi connectivity index (χ4v) is 5.12. The van der Waals surface area contributed by atoms with E-state index in [2.05, 4.69) is 9.97 Å². The van der Waals surface area contributed by atoms with Gasteiger partial charge in [0.25, 0.3) is 0 Å². The first-order chi connectivity index (χ1) is 10.6. The Morgan fingerprint density at radius 1 is 1.32 bits per heavy atom. The predicted octanol–water partition coefficient (Wildman–Crippen LogP) is 3.44. The monoisotopic (exact) mass is 368 g/mol. The van der Waals surface area contributed by atoms with Crippen LogP contribution in [0.1, 0.15) is 18.1 Å². The maximum Gasteiger partial charge on any atom is 0.346 e. The number of rotatable bonds is 7. The lowest BCUT2D eigenvalue weighted by Crippen LogP contribution is -2.43. The Morgan fingerprint density at radius 3 is 2.50 bits per heavy atom. The molecule has 2 N–H and O–H groups in total. The van der Waals surface area contributed by atoms with E-state index in [9.17, 15) is 4.57 Å². The molecule has 3 atom stereocenters. The molecule has 9 heteroatoms. The summed E-state index contributed by atoms with van der Waals surface area (Å²) in [5.74, 6) is 0.569. The van der Waals surface area contributed by atoms with Gasteiger partial charge in [0.2, 0.25) is 0 Å². The molecular weight excluding hydrogens is 350 g/mol. The minimum absolute atomic E-state index is 0.284. The van der Waals surface area contributed by atoms with E-state index in [0.29, 0.717) is 19.5 Å². The van der Waals surface area contributed by atoms with Crippen molar-refractivity contribution in [1.82, 2.24) is 9.76 Å². The molecule has 2 rings (SSSR count). The molecule has 0 amide bonds.